The Morgan fingerprint density at radius 1 is 1.11 bits per heavy atom. The summed E-state index contributed by atoms with van der Waals surface area (Å²) < 4.78 is 1.84. The topological polar surface area (TPSA) is 71.3 Å². The van der Waals surface area contributed by atoms with E-state index in [1.165, 1.54) is 0 Å². The Labute approximate surface area is 165 Å². The average Bonchev–Trinajstić information content (AvgIpc) is 3.37. The zero-order chi connectivity index (χ0) is 19.4. The number of nitrogens with zero attached hydrogens (tertiary/aromatic N) is 5. The fourth-order valence-electron chi connectivity index (χ4n) is 4.59. The van der Waals surface area contributed by atoms with Crippen LogP contribution in [0.15, 0.2) is 42.9 Å². The summed E-state index contributed by atoms with van der Waals surface area (Å²) in [6, 6.07) is 7.65. The Hall–Kier alpha value is -2.70. The molecule has 2 fully saturated rings. The number of carbonyl (C=O) groups excluding carboxylic acids is 2. The lowest BCUT2D eigenvalue weighted by Gasteiger charge is -2.44. The molecule has 4 heterocycles. The number of aryl methyl sites for hydroxylation is 1. The first-order valence-corrected chi connectivity index (χ1v) is 10.2. The number of hydrogen-bond acceptors (Lipinski definition) is 4. The second-order valence-corrected chi connectivity index (χ2v) is 7.70. The van der Waals surface area contributed by atoms with Gasteiger partial charge in [-0.1, -0.05) is 6.07 Å². The Morgan fingerprint density at radius 3 is 2.71 bits per heavy atom. The Balaban J connectivity index is 1.42. The van der Waals surface area contributed by atoms with Crippen LogP contribution in [0.1, 0.15) is 44.2 Å². The summed E-state index contributed by atoms with van der Waals surface area (Å²) in [6.45, 7) is 2.66. The van der Waals surface area contributed by atoms with E-state index in [0.717, 1.165) is 50.9 Å². The first-order valence-electron chi connectivity index (χ1n) is 10.2. The zero-order valence-corrected chi connectivity index (χ0v) is 16.2. The summed E-state index contributed by atoms with van der Waals surface area (Å²) in [5.41, 5.74) is 0.249. The second kappa shape index (κ2) is 8.12. The number of aromatic nitrogens is 3. The van der Waals surface area contributed by atoms with Crippen LogP contribution < -0.4 is 0 Å². The van der Waals surface area contributed by atoms with Crippen LogP contribution in [0.4, 0.5) is 0 Å². The van der Waals surface area contributed by atoms with Crippen molar-refractivity contribution in [3.63, 3.8) is 0 Å². The maximum Gasteiger partial charge on any atom is 0.248 e. The molecule has 0 aliphatic carbocycles. The number of pyridine rings is 1. The first-order chi connectivity index (χ1) is 13.7. The molecule has 2 saturated heterocycles. The molecule has 148 valence electrons. The van der Waals surface area contributed by atoms with Crippen molar-refractivity contribution < 1.29 is 9.59 Å². The molecule has 2 amide bonds. The zero-order valence-electron chi connectivity index (χ0n) is 16.2. The molecule has 4 rings (SSSR count). The third kappa shape index (κ3) is 3.66. The molecule has 2 aromatic heterocycles. The molecule has 28 heavy (non-hydrogen) atoms. The van der Waals surface area contributed by atoms with Crippen LogP contribution in [0, 0.1) is 0 Å². The minimum absolute atomic E-state index is 0.0951. The third-order valence-corrected chi connectivity index (χ3v) is 5.91. The van der Waals surface area contributed by atoms with Gasteiger partial charge in [-0.3, -0.25) is 19.3 Å². The van der Waals surface area contributed by atoms with Gasteiger partial charge < -0.3 is 9.80 Å². The highest BCUT2D eigenvalue weighted by Gasteiger charge is 2.52. The van der Waals surface area contributed by atoms with Crippen molar-refractivity contribution in [2.45, 2.75) is 57.2 Å². The highest BCUT2D eigenvalue weighted by atomic mass is 16.2. The quantitative estimate of drug-likeness (QED) is 0.769. The number of carbonyl (C=O) groups is 2. The minimum atomic E-state index is -0.643. The maximum absolute atomic E-state index is 13.4. The van der Waals surface area contributed by atoms with Gasteiger partial charge in [-0.15, -0.1) is 0 Å². The molecule has 0 bridgehead atoms. The lowest BCUT2D eigenvalue weighted by molar-refractivity contribution is -0.156. The van der Waals surface area contributed by atoms with E-state index in [1.807, 2.05) is 44.9 Å². The van der Waals surface area contributed by atoms with Crippen molar-refractivity contribution in [3.05, 3.63) is 48.5 Å². The van der Waals surface area contributed by atoms with Crippen LogP contribution in [0.25, 0.3) is 0 Å². The Kier molecular flexibility index (Phi) is 5.41. The number of hydrogen-bond donors (Lipinski definition) is 0. The molecule has 7 heteroatoms. The predicted molar refractivity (Wildman–Crippen MR) is 104 cm³/mol. The molecular formula is C21H27N5O2. The number of piperidine rings is 1. The van der Waals surface area contributed by atoms with Crippen LogP contribution in [-0.4, -0.2) is 55.0 Å². The van der Waals surface area contributed by atoms with E-state index in [9.17, 15) is 9.59 Å². The molecule has 2 aliphatic heterocycles. The van der Waals surface area contributed by atoms with Crippen molar-refractivity contribution in [2.24, 2.45) is 0 Å². The fourth-order valence-corrected chi connectivity index (χ4v) is 4.59. The maximum atomic E-state index is 13.4. The number of likely N-dealkylation sites (tertiary alicyclic amines) is 2. The highest BCUT2D eigenvalue weighted by molar-refractivity contribution is 5.92. The van der Waals surface area contributed by atoms with E-state index in [1.54, 1.807) is 12.4 Å². The first kappa shape index (κ1) is 18.7. The molecule has 1 spiro atoms. The summed E-state index contributed by atoms with van der Waals surface area (Å²) >= 11 is 0. The predicted octanol–water partition coefficient (Wildman–Crippen LogP) is 2.24. The van der Waals surface area contributed by atoms with Gasteiger partial charge in [0.1, 0.15) is 5.54 Å². The second-order valence-electron chi connectivity index (χ2n) is 7.70. The van der Waals surface area contributed by atoms with Gasteiger partial charge >= 0.3 is 0 Å². The van der Waals surface area contributed by atoms with Gasteiger partial charge in [0.25, 0.3) is 0 Å². The van der Waals surface area contributed by atoms with Crippen molar-refractivity contribution in [3.8, 4) is 0 Å². The van der Waals surface area contributed by atoms with E-state index in [-0.39, 0.29) is 11.8 Å². The summed E-state index contributed by atoms with van der Waals surface area (Å²) in [4.78, 5) is 34.5. The molecule has 1 atom stereocenters. The van der Waals surface area contributed by atoms with Crippen LogP contribution in [0.2, 0.25) is 0 Å². The average molecular weight is 381 g/mol. The Morgan fingerprint density at radius 2 is 1.96 bits per heavy atom. The molecule has 1 unspecified atom stereocenters. The summed E-state index contributed by atoms with van der Waals surface area (Å²) in [7, 11) is 0. The van der Waals surface area contributed by atoms with Gasteiger partial charge in [0.15, 0.2) is 0 Å². The molecule has 0 saturated carbocycles. The molecule has 0 N–H and O–H groups in total. The van der Waals surface area contributed by atoms with Gasteiger partial charge in [0.2, 0.25) is 11.8 Å². The fraction of sp³-hybridized carbons (Fsp3) is 0.524. The monoisotopic (exact) mass is 381 g/mol. The smallest absolute Gasteiger partial charge is 0.248 e. The third-order valence-electron chi connectivity index (χ3n) is 5.91. The van der Waals surface area contributed by atoms with E-state index in [2.05, 4.69) is 10.1 Å². The van der Waals surface area contributed by atoms with E-state index < -0.39 is 5.54 Å². The van der Waals surface area contributed by atoms with E-state index >= 15 is 0 Å². The van der Waals surface area contributed by atoms with Crippen LogP contribution in [0.3, 0.4) is 0 Å². The van der Waals surface area contributed by atoms with Gasteiger partial charge in [-0.05, 0) is 50.3 Å². The van der Waals surface area contributed by atoms with Gasteiger partial charge in [-0.2, -0.15) is 5.10 Å². The Bertz CT molecular complexity index is 807. The van der Waals surface area contributed by atoms with Gasteiger partial charge in [0, 0.05) is 44.6 Å². The normalized spacial score (nSPS) is 22.2. The molecule has 2 aliphatic rings. The molecule has 7 nitrogen and oxygen atoms in total. The molecule has 2 aromatic rings. The van der Waals surface area contributed by atoms with Gasteiger partial charge in [-0.25, -0.2) is 0 Å². The number of amides is 2. The van der Waals surface area contributed by atoms with Crippen molar-refractivity contribution in [1.29, 1.82) is 0 Å². The standard InChI is InChI=1S/C21H27N5O2/c27-19(8-3-14-25-15-6-12-23-25)26-16-5-10-21(26)9-4-13-24(20(21)28)17-18-7-1-2-11-22-18/h1-2,6-7,11-12,15H,3-5,8-10,13-14,16-17H2. The number of rotatable bonds is 6. The largest absolute Gasteiger partial charge is 0.335 e. The summed E-state index contributed by atoms with van der Waals surface area (Å²) in [5, 5.41) is 4.18. The SMILES string of the molecule is O=C(CCCn1cccn1)N1CCCC12CCCN(Cc1ccccn1)C2=O. The molecule has 0 radical (unpaired) electrons. The minimum Gasteiger partial charge on any atom is -0.335 e. The van der Waals surface area contributed by atoms with Gasteiger partial charge in [0.05, 0.1) is 12.2 Å². The molecule has 0 aromatic carbocycles. The van der Waals surface area contributed by atoms with Crippen molar-refractivity contribution >= 4 is 11.8 Å². The van der Waals surface area contributed by atoms with Crippen molar-refractivity contribution in [2.75, 3.05) is 13.1 Å². The summed E-state index contributed by atoms with van der Waals surface area (Å²) in [6.07, 6.45) is 9.96. The van der Waals surface area contributed by atoms with Crippen LogP contribution in [-0.2, 0) is 22.7 Å². The lowest BCUT2D eigenvalue weighted by atomic mass is 9.85. The van der Waals surface area contributed by atoms with Crippen molar-refractivity contribution in [1.82, 2.24) is 24.6 Å². The van der Waals surface area contributed by atoms with Crippen LogP contribution >= 0.6 is 0 Å². The molecular weight excluding hydrogens is 354 g/mol. The summed E-state index contributed by atoms with van der Waals surface area (Å²) in [5.74, 6) is 0.194. The lowest BCUT2D eigenvalue weighted by Crippen LogP contribution is -2.61. The van der Waals surface area contributed by atoms with E-state index in [4.69, 9.17) is 0 Å². The van der Waals surface area contributed by atoms with E-state index in [0.29, 0.717) is 19.5 Å². The highest BCUT2D eigenvalue weighted by Crippen LogP contribution is 2.39. The van der Waals surface area contributed by atoms with Crippen LogP contribution in [0.5, 0.6) is 0 Å².